The molecule has 4 rings (SSSR count). The van der Waals surface area contributed by atoms with Crippen LogP contribution in [-0.4, -0.2) is 41.9 Å². The van der Waals surface area contributed by atoms with E-state index in [4.69, 9.17) is 14.2 Å². The molecule has 2 heterocycles. The summed E-state index contributed by atoms with van der Waals surface area (Å²) in [6, 6.07) is 9.09. The van der Waals surface area contributed by atoms with Gasteiger partial charge < -0.3 is 19.1 Å². The first-order valence-corrected chi connectivity index (χ1v) is 12.7. The lowest BCUT2D eigenvalue weighted by atomic mass is 9.86. The zero-order chi connectivity index (χ0) is 26.0. The van der Waals surface area contributed by atoms with E-state index in [1.807, 2.05) is 52.8 Å². The maximum absolute atomic E-state index is 14.0. The summed E-state index contributed by atoms with van der Waals surface area (Å²) < 4.78 is 17.2. The normalized spacial score (nSPS) is 19.9. The fourth-order valence-electron chi connectivity index (χ4n) is 4.90. The molecule has 8 nitrogen and oxygen atoms in total. The molecule has 1 aromatic carbocycles. The van der Waals surface area contributed by atoms with Gasteiger partial charge in [0.25, 0.3) is 0 Å². The number of hydrogen-bond donors (Lipinski definition) is 0. The number of pyridine rings is 1. The highest BCUT2D eigenvalue weighted by Gasteiger charge is 2.38. The van der Waals surface area contributed by atoms with Gasteiger partial charge in [-0.05, 0) is 78.5 Å². The Morgan fingerprint density at radius 3 is 2.42 bits per heavy atom. The summed E-state index contributed by atoms with van der Waals surface area (Å²) in [5, 5.41) is 0. The van der Waals surface area contributed by atoms with Crippen molar-refractivity contribution < 1.29 is 23.8 Å². The van der Waals surface area contributed by atoms with Gasteiger partial charge in [-0.3, -0.25) is 4.79 Å². The third-order valence-corrected chi connectivity index (χ3v) is 6.45. The Hall–Kier alpha value is -3.13. The minimum absolute atomic E-state index is 0.0355. The second-order valence-corrected chi connectivity index (χ2v) is 10.7. The Bertz CT molecular complexity index is 1100. The number of benzene rings is 1. The van der Waals surface area contributed by atoms with E-state index in [0.717, 1.165) is 31.2 Å². The van der Waals surface area contributed by atoms with Gasteiger partial charge in [0.2, 0.25) is 5.91 Å². The highest BCUT2D eigenvalue weighted by Crippen LogP contribution is 2.43. The maximum atomic E-state index is 14.0. The molecule has 0 N–H and O–H groups in total. The van der Waals surface area contributed by atoms with Crippen LogP contribution in [0, 0.1) is 5.92 Å². The van der Waals surface area contributed by atoms with Crippen LogP contribution in [0.1, 0.15) is 65.9 Å². The minimum atomic E-state index is -0.697. The fraction of sp³-hybridized carbons (Fsp3) is 0.536. The zero-order valence-corrected chi connectivity index (χ0v) is 22.1. The molecule has 1 aliphatic heterocycles. The van der Waals surface area contributed by atoms with Crippen molar-refractivity contribution in [2.24, 2.45) is 5.92 Å². The Kier molecular flexibility index (Phi) is 7.54. The number of anilines is 3. The van der Waals surface area contributed by atoms with Crippen molar-refractivity contribution >= 4 is 29.2 Å². The van der Waals surface area contributed by atoms with Crippen LogP contribution >= 0.6 is 0 Å². The average molecular weight is 496 g/mol. The second-order valence-electron chi connectivity index (χ2n) is 10.7. The van der Waals surface area contributed by atoms with Crippen LogP contribution in [0.2, 0.25) is 0 Å². The third-order valence-electron chi connectivity index (χ3n) is 6.45. The van der Waals surface area contributed by atoms with Gasteiger partial charge in [-0.2, -0.15) is 0 Å². The number of rotatable bonds is 4. The summed E-state index contributed by atoms with van der Waals surface area (Å²) in [6.07, 6.45) is 4.71. The van der Waals surface area contributed by atoms with Crippen LogP contribution in [0.15, 0.2) is 36.5 Å². The summed E-state index contributed by atoms with van der Waals surface area (Å²) >= 11 is 0. The van der Waals surface area contributed by atoms with Gasteiger partial charge in [0.05, 0.1) is 37.2 Å². The summed E-state index contributed by atoms with van der Waals surface area (Å²) in [7, 11) is 1.59. The van der Waals surface area contributed by atoms with Crippen LogP contribution in [0.3, 0.4) is 0 Å². The van der Waals surface area contributed by atoms with E-state index in [9.17, 15) is 9.59 Å². The highest BCUT2D eigenvalue weighted by atomic mass is 16.6. The summed E-state index contributed by atoms with van der Waals surface area (Å²) in [6.45, 7) is 9.86. The lowest BCUT2D eigenvalue weighted by Gasteiger charge is -2.33. The average Bonchev–Trinajstić information content (AvgIpc) is 2.96. The summed E-state index contributed by atoms with van der Waals surface area (Å²) in [5.74, 6) is 0.976. The standard InChI is InChI=1S/C28H37N3O5/c1-18(2)35-21-11-9-19(10-12-21)26(32)30-17-20-8-7-15-29-25(20)31(27(33)36-28(3,4)5)23-14-13-22(34-6)16-24(23)30/h7-8,13-16,18-19,21H,9-12,17H2,1-6H3/t19-,21-. The second kappa shape index (κ2) is 10.5. The molecule has 2 aromatic rings. The van der Waals surface area contributed by atoms with Gasteiger partial charge in [-0.15, -0.1) is 0 Å². The molecule has 1 aliphatic carbocycles. The molecular weight excluding hydrogens is 458 g/mol. The van der Waals surface area contributed by atoms with Crippen molar-refractivity contribution in [3.8, 4) is 5.75 Å². The minimum Gasteiger partial charge on any atom is -0.497 e. The van der Waals surface area contributed by atoms with Crippen LogP contribution in [0.25, 0.3) is 0 Å². The molecule has 1 saturated carbocycles. The molecular formula is C28H37N3O5. The van der Waals surface area contributed by atoms with Gasteiger partial charge in [-0.25, -0.2) is 14.7 Å². The number of fused-ring (bicyclic) bond motifs is 2. The molecule has 0 bridgehead atoms. The first kappa shape index (κ1) is 25.9. The molecule has 0 atom stereocenters. The Morgan fingerprint density at radius 2 is 1.78 bits per heavy atom. The molecule has 2 amide bonds. The van der Waals surface area contributed by atoms with Gasteiger partial charge in [0.1, 0.15) is 17.2 Å². The Morgan fingerprint density at radius 1 is 1.06 bits per heavy atom. The summed E-state index contributed by atoms with van der Waals surface area (Å²) in [4.78, 5) is 35.2. The van der Waals surface area contributed by atoms with E-state index in [1.165, 1.54) is 4.90 Å². The number of aromatic nitrogens is 1. The molecule has 1 aromatic heterocycles. The Labute approximate surface area is 213 Å². The van der Waals surface area contributed by atoms with Crippen molar-refractivity contribution in [1.82, 2.24) is 4.98 Å². The van der Waals surface area contributed by atoms with Gasteiger partial charge >= 0.3 is 6.09 Å². The van der Waals surface area contributed by atoms with E-state index in [0.29, 0.717) is 29.5 Å². The van der Waals surface area contributed by atoms with E-state index in [-0.39, 0.29) is 24.0 Å². The number of hydrogen-bond acceptors (Lipinski definition) is 6. The van der Waals surface area contributed by atoms with E-state index in [2.05, 4.69) is 4.98 Å². The van der Waals surface area contributed by atoms with Crippen LogP contribution in [-0.2, 0) is 20.8 Å². The van der Waals surface area contributed by atoms with Crippen LogP contribution in [0.5, 0.6) is 5.75 Å². The lowest BCUT2D eigenvalue weighted by molar-refractivity contribution is -0.124. The number of carbonyl (C=O) groups is 2. The molecule has 0 spiro atoms. The van der Waals surface area contributed by atoms with Crippen LogP contribution < -0.4 is 14.5 Å². The highest BCUT2D eigenvalue weighted by molar-refractivity contribution is 6.06. The monoisotopic (exact) mass is 495 g/mol. The molecule has 194 valence electrons. The van der Waals surface area contributed by atoms with Crippen molar-refractivity contribution in [3.63, 3.8) is 0 Å². The maximum Gasteiger partial charge on any atom is 0.420 e. The molecule has 0 unspecified atom stereocenters. The molecule has 0 radical (unpaired) electrons. The number of amides is 2. The molecule has 0 saturated heterocycles. The topological polar surface area (TPSA) is 81.2 Å². The van der Waals surface area contributed by atoms with Gasteiger partial charge in [0.15, 0.2) is 0 Å². The van der Waals surface area contributed by atoms with E-state index < -0.39 is 11.7 Å². The van der Waals surface area contributed by atoms with Crippen molar-refractivity contribution in [2.45, 2.75) is 84.7 Å². The number of ether oxygens (including phenoxy) is 3. The smallest absolute Gasteiger partial charge is 0.420 e. The lowest BCUT2D eigenvalue weighted by Crippen LogP contribution is -2.38. The van der Waals surface area contributed by atoms with Crippen molar-refractivity contribution in [3.05, 3.63) is 42.1 Å². The number of carbonyl (C=O) groups excluding carboxylic acids is 2. The zero-order valence-electron chi connectivity index (χ0n) is 22.1. The predicted molar refractivity (Wildman–Crippen MR) is 139 cm³/mol. The van der Waals surface area contributed by atoms with Gasteiger partial charge in [-0.1, -0.05) is 6.07 Å². The Balaban J connectivity index is 1.74. The number of nitrogens with zero attached hydrogens (tertiary/aromatic N) is 3. The number of methoxy groups -OCH3 is 1. The summed E-state index contributed by atoms with van der Waals surface area (Å²) in [5.41, 5.74) is 1.21. The van der Waals surface area contributed by atoms with E-state index in [1.54, 1.807) is 30.3 Å². The quantitative estimate of drug-likeness (QED) is 0.518. The van der Waals surface area contributed by atoms with Crippen LogP contribution in [0.4, 0.5) is 22.0 Å². The van der Waals surface area contributed by atoms with Gasteiger partial charge in [0, 0.05) is 23.7 Å². The van der Waals surface area contributed by atoms with E-state index >= 15 is 0 Å². The first-order chi connectivity index (χ1) is 17.1. The predicted octanol–water partition coefficient (Wildman–Crippen LogP) is 5.99. The SMILES string of the molecule is COc1ccc2c(c1)N(C(=O)[C@H]1CC[C@H](OC(C)C)CC1)Cc1cccnc1N2C(=O)OC(C)(C)C. The molecule has 8 heteroatoms. The third kappa shape index (κ3) is 5.64. The molecule has 2 aliphatic rings. The largest absolute Gasteiger partial charge is 0.497 e. The molecule has 1 fully saturated rings. The van der Waals surface area contributed by atoms with Crippen molar-refractivity contribution in [2.75, 3.05) is 16.9 Å². The first-order valence-electron chi connectivity index (χ1n) is 12.7. The molecule has 36 heavy (non-hydrogen) atoms. The fourth-order valence-corrected chi connectivity index (χ4v) is 4.90. The van der Waals surface area contributed by atoms with Crippen molar-refractivity contribution in [1.29, 1.82) is 0 Å².